The molecule has 1 amide bonds. The molecule has 0 aliphatic carbocycles. The van der Waals surface area contributed by atoms with Crippen LogP contribution in [0.15, 0.2) is 35.5 Å². The molecule has 2 aromatic rings. The topological polar surface area (TPSA) is 69.0 Å². The largest absolute Gasteiger partial charge is 0.382 e. The third kappa shape index (κ3) is 5.07. The summed E-state index contributed by atoms with van der Waals surface area (Å²) in [5, 5.41) is 11.9. The Morgan fingerprint density at radius 3 is 2.79 bits per heavy atom. The van der Waals surface area contributed by atoms with Gasteiger partial charge in [0, 0.05) is 32.4 Å². The van der Waals surface area contributed by atoms with E-state index < -0.39 is 0 Å². The van der Waals surface area contributed by atoms with Gasteiger partial charge >= 0.3 is 0 Å². The highest BCUT2D eigenvalue weighted by atomic mass is 32.2. The molecule has 7 heteroatoms. The van der Waals surface area contributed by atoms with Crippen molar-refractivity contribution in [3.05, 3.63) is 30.3 Å². The lowest BCUT2D eigenvalue weighted by atomic mass is 10.2. The van der Waals surface area contributed by atoms with Crippen LogP contribution in [0.3, 0.4) is 0 Å². The summed E-state index contributed by atoms with van der Waals surface area (Å²) in [4.78, 5) is 12.1. The Labute approximate surface area is 147 Å². The number of hydrogen-bond donors (Lipinski definition) is 1. The second-order valence-corrected chi connectivity index (χ2v) is 6.64. The zero-order chi connectivity index (χ0) is 17.4. The number of amides is 1. The molecule has 0 fully saturated rings. The maximum absolute atomic E-state index is 12.1. The lowest BCUT2D eigenvalue weighted by Gasteiger charge is -2.11. The van der Waals surface area contributed by atoms with Gasteiger partial charge in [0.1, 0.15) is 0 Å². The molecule has 1 N–H and O–H groups in total. The van der Waals surface area contributed by atoms with Crippen LogP contribution in [0.5, 0.6) is 0 Å². The monoisotopic (exact) mass is 348 g/mol. The second-order valence-electron chi connectivity index (χ2n) is 5.33. The summed E-state index contributed by atoms with van der Waals surface area (Å²) in [5.41, 5.74) is 1.01. The summed E-state index contributed by atoms with van der Waals surface area (Å²) < 4.78 is 7.17. The van der Waals surface area contributed by atoms with Crippen LogP contribution in [0, 0.1) is 0 Å². The predicted molar refractivity (Wildman–Crippen MR) is 95.9 cm³/mol. The van der Waals surface area contributed by atoms with E-state index in [1.54, 1.807) is 0 Å². The maximum Gasteiger partial charge on any atom is 0.233 e. The number of nitrogens with zero attached hydrogens (tertiary/aromatic N) is 3. The van der Waals surface area contributed by atoms with Crippen LogP contribution in [0.2, 0.25) is 0 Å². The van der Waals surface area contributed by atoms with Crippen molar-refractivity contribution in [2.75, 3.05) is 19.8 Å². The molecule has 0 spiro atoms. The van der Waals surface area contributed by atoms with Crippen LogP contribution in [0.4, 0.5) is 0 Å². The van der Waals surface area contributed by atoms with Crippen molar-refractivity contribution in [3.63, 3.8) is 0 Å². The Hall–Kier alpha value is -1.86. The van der Waals surface area contributed by atoms with Crippen LogP contribution in [-0.4, -0.2) is 45.7 Å². The fourth-order valence-electron chi connectivity index (χ4n) is 2.14. The van der Waals surface area contributed by atoms with Gasteiger partial charge in [0.15, 0.2) is 11.0 Å². The van der Waals surface area contributed by atoms with Crippen LogP contribution in [0.1, 0.15) is 20.3 Å². The van der Waals surface area contributed by atoms with Gasteiger partial charge in [-0.05, 0) is 20.3 Å². The Morgan fingerprint density at radius 1 is 1.33 bits per heavy atom. The van der Waals surface area contributed by atoms with E-state index in [4.69, 9.17) is 4.74 Å². The van der Waals surface area contributed by atoms with E-state index in [0.717, 1.165) is 23.0 Å². The van der Waals surface area contributed by atoms with E-state index in [1.807, 2.05) is 55.8 Å². The number of hydrogen-bond acceptors (Lipinski definition) is 5. The molecule has 0 aliphatic heterocycles. The van der Waals surface area contributed by atoms with Gasteiger partial charge in [-0.1, -0.05) is 42.1 Å². The van der Waals surface area contributed by atoms with Gasteiger partial charge in [-0.15, -0.1) is 10.2 Å². The molecular formula is C17H24N4O2S. The second kappa shape index (κ2) is 9.44. The van der Waals surface area contributed by atoms with Crippen LogP contribution in [0.25, 0.3) is 11.4 Å². The first-order valence-electron chi connectivity index (χ1n) is 8.10. The van der Waals surface area contributed by atoms with Gasteiger partial charge in [0.2, 0.25) is 5.91 Å². The molecule has 6 nitrogen and oxygen atoms in total. The van der Waals surface area contributed by atoms with Crippen molar-refractivity contribution in [1.82, 2.24) is 20.1 Å². The Bertz CT molecular complexity index is 645. The molecule has 0 radical (unpaired) electrons. The first-order valence-corrected chi connectivity index (χ1v) is 8.98. The van der Waals surface area contributed by atoms with E-state index >= 15 is 0 Å². The van der Waals surface area contributed by atoms with Crippen LogP contribution >= 0.6 is 11.8 Å². The highest BCUT2D eigenvalue weighted by Crippen LogP contribution is 2.25. The van der Waals surface area contributed by atoms with Crippen molar-refractivity contribution in [2.24, 2.45) is 7.05 Å². The number of thioether (sulfide) groups is 1. The summed E-state index contributed by atoms with van der Waals surface area (Å²) in [6, 6.07) is 9.89. The fraction of sp³-hybridized carbons (Fsp3) is 0.471. The third-order valence-electron chi connectivity index (χ3n) is 3.49. The number of rotatable bonds is 9. The minimum absolute atomic E-state index is 0.000703. The standard InChI is InChI=1S/C17H24N4O2S/c1-4-23-12-8-11-18-16(22)13(2)24-17-20-19-15(21(17)3)14-9-6-5-7-10-14/h5-7,9-10,13H,4,8,11-12H2,1-3H3,(H,18,22). The van der Waals surface area contributed by atoms with Gasteiger partial charge in [0.05, 0.1) is 5.25 Å². The lowest BCUT2D eigenvalue weighted by Crippen LogP contribution is -2.32. The molecule has 130 valence electrons. The average Bonchev–Trinajstić information content (AvgIpc) is 2.96. The van der Waals surface area contributed by atoms with Gasteiger partial charge in [-0.2, -0.15) is 0 Å². The summed E-state index contributed by atoms with van der Waals surface area (Å²) in [7, 11) is 1.91. The molecule has 1 aromatic heterocycles. The summed E-state index contributed by atoms with van der Waals surface area (Å²) >= 11 is 1.41. The average molecular weight is 348 g/mol. The summed E-state index contributed by atoms with van der Waals surface area (Å²) in [6.45, 7) is 5.83. The van der Waals surface area contributed by atoms with Crippen LogP contribution in [-0.2, 0) is 16.6 Å². The highest BCUT2D eigenvalue weighted by molar-refractivity contribution is 8.00. The van der Waals surface area contributed by atoms with Crippen molar-refractivity contribution >= 4 is 17.7 Å². The first kappa shape index (κ1) is 18.5. The lowest BCUT2D eigenvalue weighted by molar-refractivity contribution is -0.120. The van der Waals surface area contributed by atoms with E-state index in [1.165, 1.54) is 11.8 Å². The predicted octanol–water partition coefficient (Wildman–Crippen LogP) is 2.51. The molecular weight excluding hydrogens is 324 g/mol. The van der Waals surface area contributed by atoms with Gasteiger partial charge in [-0.25, -0.2) is 0 Å². The molecule has 24 heavy (non-hydrogen) atoms. The summed E-state index contributed by atoms with van der Waals surface area (Å²) in [5.74, 6) is 0.795. The molecule has 1 aromatic carbocycles. The SMILES string of the molecule is CCOCCCNC(=O)C(C)Sc1nnc(-c2ccccc2)n1C. The van der Waals surface area contributed by atoms with Crippen LogP contribution < -0.4 is 5.32 Å². The number of aromatic nitrogens is 3. The molecule has 2 rings (SSSR count). The molecule has 1 atom stereocenters. The molecule has 0 bridgehead atoms. The smallest absolute Gasteiger partial charge is 0.233 e. The molecule has 1 unspecified atom stereocenters. The first-order chi connectivity index (χ1) is 11.6. The zero-order valence-corrected chi connectivity index (χ0v) is 15.2. The minimum atomic E-state index is -0.233. The highest BCUT2D eigenvalue weighted by Gasteiger charge is 2.18. The normalized spacial score (nSPS) is 12.1. The Balaban J connectivity index is 1.89. The number of benzene rings is 1. The number of carbonyl (C=O) groups excluding carboxylic acids is 1. The van der Waals surface area contributed by atoms with E-state index in [9.17, 15) is 4.79 Å². The quantitative estimate of drug-likeness (QED) is 0.557. The Kier molecular flexibility index (Phi) is 7.27. The van der Waals surface area contributed by atoms with Gasteiger partial charge < -0.3 is 14.6 Å². The minimum Gasteiger partial charge on any atom is -0.382 e. The van der Waals surface area contributed by atoms with Crippen molar-refractivity contribution in [1.29, 1.82) is 0 Å². The number of carbonyl (C=O) groups is 1. The molecule has 1 heterocycles. The number of ether oxygens (including phenoxy) is 1. The third-order valence-corrected chi connectivity index (χ3v) is 4.62. The maximum atomic E-state index is 12.1. The zero-order valence-electron chi connectivity index (χ0n) is 14.4. The molecule has 0 aliphatic rings. The van der Waals surface area contributed by atoms with Crippen molar-refractivity contribution < 1.29 is 9.53 Å². The van der Waals surface area contributed by atoms with E-state index in [2.05, 4.69) is 15.5 Å². The number of nitrogens with one attached hydrogen (secondary N) is 1. The Morgan fingerprint density at radius 2 is 2.08 bits per heavy atom. The van der Waals surface area contributed by atoms with Gasteiger partial charge in [-0.3, -0.25) is 4.79 Å². The molecule has 0 saturated carbocycles. The summed E-state index contributed by atoms with van der Waals surface area (Å²) in [6.07, 6.45) is 0.819. The van der Waals surface area contributed by atoms with Crippen molar-refractivity contribution in [2.45, 2.75) is 30.7 Å². The molecule has 0 saturated heterocycles. The van der Waals surface area contributed by atoms with E-state index in [0.29, 0.717) is 19.8 Å². The van der Waals surface area contributed by atoms with Crippen molar-refractivity contribution in [3.8, 4) is 11.4 Å². The fourth-order valence-corrected chi connectivity index (χ4v) is 2.98. The van der Waals surface area contributed by atoms with Gasteiger partial charge in [0.25, 0.3) is 0 Å². The van der Waals surface area contributed by atoms with E-state index in [-0.39, 0.29) is 11.2 Å².